The minimum absolute atomic E-state index is 0.0336. The molecule has 1 aliphatic rings. The van der Waals surface area contributed by atoms with E-state index in [4.69, 9.17) is 4.74 Å². The van der Waals surface area contributed by atoms with Gasteiger partial charge in [-0.05, 0) is 81.8 Å². The molecule has 2 amide bonds. The monoisotopic (exact) mass is 508 g/mol. The van der Waals surface area contributed by atoms with E-state index in [0.29, 0.717) is 13.2 Å². The first-order valence-electron chi connectivity index (χ1n) is 12.2. The van der Waals surface area contributed by atoms with Crippen molar-refractivity contribution in [1.82, 2.24) is 9.80 Å². The van der Waals surface area contributed by atoms with Crippen molar-refractivity contribution in [3.8, 4) is 5.75 Å². The van der Waals surface area contributed by atoms with Crippen molar-refractivity contribution in [2.75, 3.05) is 19.7 Å². The van der Waals surface area contributed by atoms with Crippen molar-refractivity contribution in [1.29, 1.82) is 0 Å². The van der Waals surface area contributed by atoms with Crippen LogP contribution < -0.4 is 4.74 Å². The van der Waals surface area contributed by atoms with Crippen LogP contribution in [0.3, 0.4) is 0 Å². The van der Waals surface area contributed by atoms with Gasteiger partial charge in [0.1, 0.15) is 24.7 Å². The van der Waals surface area contributed by atoms with Crippen molar-refractivity contribution in [3.63, 3.8) is 0 Å². The fourth-order valence-electron chi connectivity index (χ4n) is 4.62. The summed E-state index contributed by atoms with van der Waals surface area (Å²) in [5.41, 5.74) is 2.59. The van der Waals surface area contributed by atoms with E-state index in [9.17, 15) is 14.0 Å². The number of nitrogens with zero attached hydrogens (tertiary/aromatic N) is 2. The number of fused-ring (bicyclic) bond motifs is 1. The van der Waals surface area contributed by atoms with E-state index in [-0.39, 0.29) is 24.1 Å². The SMILES string of the molecule is Cc1ccc(OC[C@H]2c3ccsc3CCN2C(=O)CN(C(=O)c2ccccc2F)C(C)(C)C)c(C)c1. The third-order valence-electron chi connectivity index (χ3n) is 6.59. The smallest absolute Gasteiger partial charge is 0.257 e. The molecule has 0 spiro atoms. The van der Waals surface area contributed by atoms with E-state index in [2.05, 4.69) is 12.1 Å². The summed E-state index contributed by atoms with van der Waals surface area (Å²) >= 11 is 1.69. The van der Waals surface area contributed by atoms with Gasteiger partial charge in [0.2, 0.25) is 5.91 Å². The van der Waals surface area contributed by atoms with Crippen LogP contribution >= 0.6 is 11.3 Å². The molecular formula is C29H33FN2O3S. The van der Waals surface area contributed by atoms with Crippen molar-refractivity contribution in [3.05, 3.63) is 86.9 Å². The molecule has 0 aliphatic carbocycles. The molecule has 190 valence electrons. The molecule has 0 N–H and O–H groups in total. The Labute approximate surface area is 216 Å². The zero-order valence-electron chi connectivity index (χ0n) is 21.5. The van der Waals surface area contributed by atoms with E-state index in [0.717, 1.165) is 28.9 Å². The molecule has 5 nitrogen and oxygen atoms in total. The number of benzene rings is 2. The Bertz CT molecular complexity index is 1260. The first-order valence-corrected chi connectivity index (χ1v) is 13.1. The fraction of sp³-hybridized carbons (Fsp3) is 0.379. The van der Waals surface area contributed by atoms with Gasteiger partial charge in [0.15, 0.2) is 0 Å². The number of ether oxygens (including phenoxy) is 1. The average Bonchev–Trinajstić information content (AvgIpc) is 3.30. The molecule has 36 heavy (non-hydrogen) atoms. The normalized spacial score (nSPS) is 15.4. The van der Waals surface area contributed by atoms with Crippen LogP contribution in [0, 0.1) is 19.7 Å². The van der Waals surface area contributed by atoms with Crippen molar-refractivity contribution in [2.45, 2.75) is 52.6 Å². The lowest BCUT2D eigenvalue weighted by Gasteiger charge is -2.40. The second-order valence-corrected chi connectivity index (χ2v) is 11.3. The number of hydrogen-bond acceptors (Lipinski definition) is 4. The quantitative estimate of drug-likeness (QED) is 0.413. The Morgan fingerprint density at radius 2 is 1.89 bits per heavy atom. The van der Waals surface area contributed by atoms with E-state index < -0.39 is 17.3 Å². The van der Waals surface area contributed by atoms with E-state index in [1.54, 1.807) is 23.5 Å². The highest BCUT2D eigenvalue weighted by Crippen LogP contribution is 2.35. The summed E-state index contributed by atoms with van der Waals surface area (Å²) in [5.74, 6) is -0.475. The number of halogens is 1. The standard InChI is InChI=1S/C29H33FN2O3S/c1-19-10-11-25(20(2)16-19)35-18-24-22-13-15-36-26(22)12-14-31(24)27(33)17-32(29(3,4)5)28(34)21-8-6-7-9-23(21)30/h6-11,13,15-16,24H,12,14,17-18H2,1-5H3/t24-/m0/s1. The maximum absolute atomic E-state index is 14.4. The fourth-order valence-corrected chi connectivity index (χ4v) is 5.55. The van der Waals surface area contributed by atoms with Gasteiger partial charge in [0, 0.05) is 17.0 Å². The maximum atomic E-state index is 14.4. The predicted octanol–water partition coefficient (Wildman–Crippen LogP) is 5.95. The molecule has 0 saturated heterocycles. The molecule has 3 aromatic rings. The summed E-state index contributed by atoms with van der Waals surface area (Å²) in [5, 5.41) is 2.05. The van der Waals surface area contributed by atoms with E-state index in [1.165, 1.54) is 21.9 Å². The minimum atomic E-state index is -0.677. The summed E-state index contributed by atoms with van der Waals surface area (Å²) in [6.07, 6.45) is 0.760. The lowest BCUT2D eigenvalue weighted by atomic mass is 9.99. The van der Waals surface area contributed by atoms with Crippen molar-refractivity contribution in [2.24, 2.45) is 0 Å². The average molecular weight is 509 g/mol. The first kappa shape index (κ1) is 25.9. The minimum Gasteiger partial charge on any atom is -0.491 e. The highest BCUT2D eigenvalue weighted by atomic mass is 32.1. The second-order valence-electron chi connectivity index (χ2n) is 10.3. The van der Waals surface area contributed by atoms with Gasteiger partial charge in [-0.25, -0.2) is 4.39 Å². The van der Waals surface area contributed by atoms with Crippen LogP contribution in [0.15, 0.2) is 53.9 Å². The number of hydrogen-bond donors (Lipinski definition) is 0. The van der Waals surface area contributed by atoms with E-state index in [1.807, 2.05) is 57.0 Å². The van der Waals surface area contributed by atoms with Crippen molar-refractivity contribution >= 4 is 23.2 Å². The summed E-state index contributed by atoms with van der Waals surface area (Å²) < 4.78 is 20.7. The van der Waals surface area contributed by atoms with Gasteiger partial charge in [-0.15, -0.1) is 11.3 Å². The van der Waals surface area contributed by atoms with Crippen molar-refractivity contribution < 1.29 is 18.7 Å². The zero-order valence-corrected chi connectivity index (χ0v) is 22.3. The lowest BCUT2D eigenvalue weighted by Crippen LogP contribution is -2.53. The molecule has 0 bridgehead atoms. The Hall–Kier alpha value is -3.19. The lowest BCUT2D eigenvalue weighted by molar-refractivity contribution is -0.136. The second kappa shape index (κ2) is 10.4. The molecule has 0 unspecified atom stereocenters. The Balaban J connectivity index is 1.58. The molecule has 0 fully saturated rings. The number of carbonyl (C=O) groups excluding carboxylic acids is 2. The predicted molar refractivity (Wildman–Crippen MR) is 141 cm³/mol. The molecule has 7 heteroatoms. The summed E-state index contributed by atoms with van der Waals surface area (Å²) in [4.78, 5) is 31.6. The van der Waals surface area contributed by atoms with Crippen LogP contribution in [0.2, 0.25) is 0 Å². The maximum Gasteiger partial charge on any atom is 0.257 e. The Kier molecular flexibility index (Phi) is 7.50. The van der Waals surface area contributed by atoms with Crippen LogP contribution in [-0.2, 0) is 11.2 Å². The third-order valence-corrected chi connectivity index (χ3v) is 7.59. The zero-order chi connectivity index (χ0) is 26.0. The number of carbonyl (C=O) groups is 2. The van der Waals surface area contributed by atoms with Gasteiger partial charge in [-0.2, -0.15) is 0 Å². The number of rotatable bonds is 6. The highest BCUT2D eigenvalue weighted by Gasteiger charge is 2.36. The van der Waals surface area contributed by atoms with Crippen LogP contribution in [0.1, 0.15) is 58.7 Å². The van der Waals surface area contributed by atoms with Gasteiger partial charge in [0.05, 0.1) is 11.6 Å². The molecule has 0 radical (unpaired) electrons. The van der Waals surface area contributed by atoms with Gasteiger partial charge in [0.25, 0.3) is 5.91 Å². The van der Waals surface area contributed by atoms with Gasteiger partial charge in [-0.3, -0.25) is 9.59 Å². The van der Waals surface area contributed by atoms with Crippen LogP contribution in [0.5, 0.6) is 5.75 Å². The number of aryl methyl sites for hydroxylation is 2. The van der Waals surface area contributed by atoms with Gasteiger partial charge < -0.3 is 14.5 Å². The summed E-state index contributed by atoms with van der Waals surface area (Å²) in [6.45, 7) is 10.3. The first-order chi connectivity index (χ1) is 17.1. The van der Waals surface area contributed by atoms with Crippen LogP contribution in [0.4, 0.5) is 4.39 Å². The van der Waals surface area contributed by atoms with E-state index >= 15 is 0 Å². The van der Waals surface area contributed by atoms with Crippen LogP contribution in [-0.4, -0.2) is 46.8 Å². The molecule has 1 aromatic heterocycles. The van der Waals surface area contributed by atoms with Gasteiger partial charge in [-0.1, -0.05) is 29.8 Å². The Morgan fingerprint density at radius 1 is 1.14 bits per heavy atom. The molecule has 0 saturated carbocycles. The molecule has 4 rings (SSSR count). The summed E-state index contributed by atoms with van der Waals surface area (Å²) in [7, 11) is 0. The molecular weight excluding hydrogens is 475 g/mol. The number of thiophene rings is 1. The van der Waals surface area contributed by atoms with Gasteiger partial charge >= 0.3 is 0 Å². The Morgan fingerprint density at radius 3 is 2.58 bits per heavy atom. The summed E-state index contributed by atoms with van der Waals surface area (Å²) in [6, 6.07) is 13.7. The molecule has 1 aliphatic heterocycles. The highest BCUT2D eigenvalue weighted by molar-refractivity contribution is 7.10. The molecule has 2 aromatic carbocycles. The molecule has 2 heterocycles. The third kappa shape index (κ3) is 5.46. The topological polar surface area (TPSA) is 49.9 Å². The van der Waals surface area contributed by atoms with Crippen LogP contribution in [0.25, 0.3) is 0 Å². The largest absolute Gasteiger partial charge is 0.491 e. The molecule has 1 atom stereocenters. The number of amides is 2.